The third-order valence-electron chi connectivity index (χ3n) is 1.81. The Labute approximate surface area is 90.4 Å². The monoisotopic (exact) mass is 222 g/mol. The Hall–Kier alpha value is -2.38. The molecule has 2 aromatic heterocycles. The highest BCUT2D eigenvalue weighted by Crippen LogP contribution is 1.97. The molecule has 2 rings (SSSR count). The Morgan fingerprint density at radius 3 is 3.12 bits per heavy atom. The van der Waals surface area contributed by atoms with Crippen molar-refractivity contribution in [2.75, 3.05) is 5.73 Å². The molecule has 0 aromatic carbocycles. The summed E-state index contributed by atoms with van der Waals surface area (Å²) in [4.78, 5) is 15.2. The predicted octanol–water partition coefficient (Wildman–Crippen LogP) is -0.835. The molecule has 0 unspecified atom stereocenters. The highest BCUT2D eigenvalue weighted by atomic mass is 16.5. The molecular weight excluding hydrogens is 212 g/mol. The van der Waals surface area contributed by atoms with E-state index in [9.17, 15) is 4.79 Å². The van der Waals surface area contributed by atoms with Gasteiger partial charge >= 0.3 is 0 Å². The van der Waals surface area contributed by atoms with E-state index >= 15 is 0 Å². The molecule has 0 aliphatic carbocycles. The third kappa shape index (κ3) is 2.56. The molecule has 0 atom stereocenters. The molecule has 3 N–H and O–H groups in total. The standard InChI is InChI=1S/C8H10N6O2/c9-6-1-12-14(3-6)4-8(15)10-2-7-11-5-16-13-7/h1,3,5H,2,4,9H2,(H,10,15). The fourth-order valence-corrected chi connectivity index (χ4v) is 1.12. The quantitative estimate of drug-likeness (QED) is 0.697. The summed E-state index contributed by atoms with van der Waals surface area (Å²) in [6.07, 6.45) is 4.26. The number of amides is 1. The van der Waals surface area contributed by atoms with Crippen LogP contribution in [0, 0.1) is 0 Å². The first-order valence-corrected chi connectivity index (χ1v) is 4.54. The van der Waals surface area contributed by atoms with Crippen LogP contribution in [0.25, 0.3) is 0 Å². The average Bonchev–Trinajstić information content (AvgIpc) is 2.87. The number of hydrogen-bond donors (Lipinski definition) is 2. The smallest absolute Gasteiger partial charge is 0.242 e. The van der Waals surface area contributed by atoms with Crippen molar-refractivity contribution in [3.8, 4) is 0 Å². The van der Waals surface area contributed by atoms with Crippen molar-refractivity contribution in [1.82, 2.24) is 25.2 Å². The molecule has 0 aliphatic heterocycles. The highest BCUT2D eigenvalue weighted by molar-refractivity contribution is 5.75. The minimum absolute atomic E-state index is 0.106. The molecule has 0 spiro atoms. The molecule has 0 radical (unpaired) electrons. The van der Waals surface area contributed by atoms with E-state index in [0.29, 0.717) is 11.5 Å². The first kappa shape index (κ1) is 10.1. The number of nitrogen functional groups attached to an aromatic ring is 1. The summed E-state index contributed by atoms with van der Waals surface area (Å²) in [6.45, 7) is 0.334. The van der Waals surface area contributed by atoms with Crippen LogP contribution in [0.2, 0.25) is 0 Å². The summed E-state index contributed by atoms with van der Waals surface area (Å²) in [5.41, 5.74) is 5.98. The van der Waals surface area contributed by atoms with E-state index in [4.69, 9.17) is 5.73 Å². The van der Waals surface area contributed by atoms with Gasteiger partial charge in [-0.3, -0.25) is 9.48 Å². The van der Waals surface area contributed by atoms with Crippen molar-refractivity contribution in [2.45, 2.75) is 13.1 Å². The number of carbonyl (C=O) groups is 1. The van der Waals surface area contributed by atoms with Crippen LogP contribution in [0.1, 0.15) is 5.82 Å². The molecule has 16 heavy (non-hydrogen) atoms. The molecule has 0 bridgehead atoms. The van der Waals surface area contributed by atoms with E-state index in [-0.39, 0.29) is 19.0 Å². The maximum Gasteiger partial charge on any atom is 0.242 e. The van der Waals surface area contributed by atoms with Gasteiger partial charge in [0, 0.05) is 6.20 Å². The van der Waals surface area contributed by atoms with Gasteiger partial charge in [0.2, 0.25) is 12.3 Å². The SMILES string of the molecule is Nc1cnn(CC(=O)NCc2ncon2)c1. The Bertz CT molecular complexity index is 463. The number of hydrogen-bond acceptors (Lipinski definition) is 6. The second-order valence-electron chi connectivity index (χ2n) is 3.10. The lowest BCUT2D eigenvalue weighted by atomic mass is 10.5. The molecule has 0 aliphatic rings. The summed E-state index contributed by atoms with van der Waals surface area (Å²) in [5.74, 6) is 0.223. The number of nitrogens with one attached hydrogen (secondary N) is 1. The van der Waals surface area contributed by atoms with Crippen molar-refractivity contribution < 1.29 is 9.32 Å². The number of nitrogens with two attached hydrogens (primary N) is 1. The number of rotatable bonds is 4. The summed E-state index contributed by atoms with van der Waals surface area (Å²) < 4.78 is 5.97. The second-order valence-corrected chi connectivity index (χ2v) is 3.10. The maximum absolute atomic E-state index is 11.4. The van der Waals surface area contributed by atoms with Crippen molar-refractivity contribution in [2.24, 2.45) is 0 Å². The zero-order chi connectivity index (χ0) is 11.4. The molecule has 2 aromatic rings. The molecule has 2 heterocycles. The molecule has 8 nitrogen and oxygen atoms in total. The number of carbonyl (C=O) groups excluding carboxylic acids is 1. The van der Waals surface area contributed by atoms with Gasteiger partial charge in [-0.05, 0) is 0 Å². The number of nitrogens with zero attached hydrogens (tertiary/aromatic N) is 4. The maximum atomic E-state index is 11.4. The van der Waals surface area contributed by atoms with Crippen LogP contribution >= 0.6 is 0 Å². The van der Waals surface area contributed by atoms with E-state index < -0.39 is 0 Å². The molecule has 8 heteroatoms. The van der Waals surface area contributed by atoms with E-state index in [1.807, 2.05) is 0 Å². The first-order chi connectivity index (χ1) is 7.74. The number of anilines is 1. The zero-order valence-electron chi connectivity index (χ0n) is 8.33. The van der Waals surface area contributed by atoms with Gasteiger partial charge in [0.1, 0.15) is 6.54 Å². The highest BCUT2D eigenvalue weighted by Gasteiger charge is 2.05. The van der Waals surface area contributed by atoms with Gasteiger partial charge in [0.25, 0.3) is 0 Å². The zero-order valence-corrected chi connectivity index (χ0v) is 8.33. The molecule has 0 saturated carbocycles. The second kappa shape index (κ2) is 4.43. The Kier molecular flexibility index (Phi) is 2.81. The third-order valence-corrected chi connectivity index (χ3v) is 1.81. The summed E-state index contributed by atoms with van der Waals surface area (Å²) >= 11 is 0. The lowest BCUT2D eigenvalue weighted by Gasteiger charge is -2.01. The van der Waals surface area contributed by atoms with E-state index in [2.05, 4.69) is 25.1 Å². The summed E-state index contributed by atoms with van der Waals surface area (Å²) in [6, 6.07) is 0. The fraction of sp³-hybridized carbons (Fsp3) is 0.250. The Balaban J connectivity index is 1.81. The normalized spacial score (nSPS) is 10.2. The van der Waals surface area contributed by atoms with E-state index in [1.54, 1.807) is 6.20 Å². The van der Waals surface area contributed by atoms with Crippen LogP contribution in [-0.2, 0) is 17.9 Å². The van der Waals surface area contributed by atoms with Gasteiger partial charge in [-0.1, -0.05) is 5.16 Å². The molecule has 0 fully saturated rings. The van der Waals surface area contributed by atoms with Gasteiger partial charge in [-0.2, -0.15) is 10.1 Å². The van der Waals surface area contributed by atoms with Crippen LogP contribution in [0.3, 0.4) is 0 Å². The van der Waals surface area contributed by atoms with Crippen molar-refractivity contribution in [3.05, 3.63) is 24.6 Å². The van der Waals surface area contributed by atoms with Gasteiger partial charge in [0.15, 0.2) is 5.82 Å². The summed E-state index contributed by atoms with van der Waals surface area (Å²) in [7, 11) is 0. The van der Waals surface area contributed by atoms with Crippen molar-refractivity contribution in [1.29, 1.82) is 0 Å². The molecule has 84 valence electrons. The molecule has 0 saturated heterocycles. The van der Waals surface area contributed by atoms with Crippen LogP contribution < -0.4 is 11.1 Å². The lowest BCUT2D eigenvalue weighted by Crippen LogP contribution is -2.27. The average molecular weight is 222 g/mol. The van der Waals surface area contributed by atoms with Crippen LogP contribution in [0.4, 0.5) is 5.69 Å². The van der Waals surface area contributed by atoms with Gasteiger partial charge in [0.05, 0.1) is 18.4 Å². The van der Waals surface area contributed by atoms with Gasteiger partial charge < -0.3 is 15.6 Å². The van der Waals surface area contributed by atoms with Crippen LogP contribution in [0.5, 0.6) is 0 Å². The Morgan fingerprint density at radius 1 is 1.62 bits per heavy atom. The lowest BCUT2D eigenvalue weighted by molar-refractivity contribution is -0.122. The van der Waals surface area contributed by atoms with Gasteiger partial charge in [-0.25, -0.2) is 0 Å². The Morgan fingerprint density at radius 2 is 2.50 bits per heavy atom. The topological polar surface area (TPSA) is 112 Å². The largest absolute Gasteiger partial charge is 0.396 e. The van der Waals surface area contributed by atoms with Crippen molar-refractivity contribution in [3.63, 3.8) is 0 Å². The first-order valence-electron chi connectivity index (χ1n) is 4.54. The van der Waals surface area contributed by atoms with Crippen LogP contribution in [0.15, 0.2) is 23.3 Å². The van der Waals surface area contributed by atoms with E-state index in [0.717, 1.165) is 0 Å². The minimum atomic E-state index is -0.201. The number of aromatic nitrogens is 4. The van der Waals surface area contributed by atoms with Crippen LogP contribution in [-0.4, -0.2) is 25.8 Å². The predicted molar refractivity (Wildman–Crippen MR) is 52.8 cm³/mol. The molecule has 1 amide bonds. The minimum Gasteiger partial charge on any atom is -0.396 e. The van der Waals surface area contributed by atoms with Crippen molar-refractivity contribution >= 4 is 11.6 Å². The summed E-state index contributed by atoms with van der Waals surface area (Å²) in [5, 5.41) is 10.1. The molecular formula is C8H10N6O2. The van der Waals surface area contributed by atoms with Gasteiger partial charge in [-0.15, -0.1) is 0 Å². The fourth-order valence-electron chi connectivity index (χ4n) is 1.12. The van der Waals surface area contributed by atoms with E-state index in [1.165, 1.54) is 17.3 Å².